The summed E-state index contributed by atoms with van der Waals surface area (Å²) in [5.41, 5.74) is 1.94. The van der Waals surface area contributed by atoms with E-state index in [0.717, 1.165) is 69.1 Å². The largest absolute Gasteiger partial charge is 0.379 e. The lowest BCUT2D eigenvalue weighted by atomic mass is 10.1. The van der Waals surface area contributed by atoms with Crippen LogP contribution in [0.15, 0.2) is 6.33 Å². The van der Waals surface area contributed by atoms with E-state index in [1.807, 2.05) is 0 Å². The minimum Gasteiger partial charge on any atom is -0.379 e. The highest BCUT2D eigenvalue weighted by molar-refractivity contribution is 7.15. The highest BCUT2D eigenvalue weighted by Gasteiger charge is 2.27. The Morgan fingerprint density at radius 2 is 2.20 bits per heavy atom. The molecule has 0 saturated carbocycles. The summed E-state index contributed by atoms with van der Waals surface area (Å²) in [4.78, 5) is 16.5. The van der Waals surface area contributed by atoms with Gasteiger partial charge in [-0.15, -0.1) is 16.4 Å². The first-order valence-corrected chi connectivity index (χ1v) is 9.61. The van der Waals surface area contributed by atoms with Gasteiger partial charge in [-0.25, -0.2) is 0 Å². The van der Waals surface area contributed by atoms with Gasteiger partial charge in [0, 0.05) is 24.5 Å². The van der Waals surface area contributed by atoms with E-state index >= 15 is 0 Å². The van der Waals surface area contributed by atoms with E-state index in [2.05, 4.69) is 25.7 Å². The molecule has 134 valence electrons. The Morgan fingerprint density at radius 3 is 3.00 bits per heavy atom. The minimum atomic E-state index is -0.00752. The van der Waals surface area contributed by atoms with Crippen molar-refractivity contribution in [1.29, 1.82) is 0 Å². The summed E-state index contributed by atoms with van der Waals surface area (Å²) in [5, 5.41) is 15.3. The summed E-state index contributed by atoms with van der Waals surface area (Å²) in [7, 11) is 0. The Morgan fingerprint density at radius 1 is 1.32 bits per heavy atom. The molecule has 2 aliphatic rings. The van der Waals surface area contributed by atoms with E-state index in [0.29, 0.717) is 6.54 Å². The van der Waals surface area contributed by atoms with Crippen molar-refractivity contribution in [2.24, 2.45) is 0 Å². The Labute approximate surface area is 150 Å². The van der Waals surface area contributed by atoms with Crippen molar-refractivity contribution in [3.05, 3.63) is 22.3 Å². The van der Waals surface area contributed by atoms with Crippen molar-refractivity contribution in [2.45, 2.75) is 25.7 Å². The molecule has 1 aliphatic carbocycles. The number of aromatic nitrogens is 4. The van der Waals surface area contributed by atoms with E-state index < -0.39 is 0 Å². The maximum absolute atomic E-state index is 12.8. The van der Waals surface area contributed by atoms with Crippen molar-refractivity contribution in [3.8, 4) is 5.00 Å². The van der Waals surface area contributed by atoms with Crippen LogP contribution >= 0.6 is 11.3 Å². The number of ether oxygens (including phenoxy) is 1. The molecule has 4 rings (SSSR count). The molecule has 25 heavy (non-hydrogen) atoms. The predicted molar refractivity (Wildman–Crippen MR) is 93.3 cm³/mol. The van der Waals surface area contributed by atoms with Crippen LogP contribution in [0.2, 0.25) is 0 Å². The Bertz CT molecular complexity index is 723. The smallest absolute Gasteiger partial charge is 0.254 e. The number of nitrogens with one attached hydrogen (secondary N) is 1. The number of morpholine rings is 1. The Kier molecular flexibility index (Phi) is 5.04. The highest BCUT2D eigenvalue weighted by Crippen LogP contribution is 2.37. The molecule has 1 N–H and O–H groups in total. The number of carbonyl (C=O) groups is 1. The lowest BCUT2D eigenvalue weighted by molar-refractivity contribution is 0.0374. The number of fused-ring (bicyclic) bond motifs is 1. The first-order valence-electron chi connectivity index (χ1n) is 8.79. The standard InChI is InChI=1S/C16H22N6O2S/c23-15(17-5-2-6-21-7-9-24-10-8-21)14-12-3-1-4-13(12)25-16(14)22-11-18-19-20-22/h11H,1-10H2,(H,17,23). The van der Waals surface area contributed by atoms with Crippen LogP contribution in [-0.2, 0) is 17.6 Å². The molecule has 0 radical (unpaired) electrons. The van der Waals surface area contributed by atoms with Gasteiger partial charge < -0.3 is 10.1 Å². The quantitative estimate of drug-likeness (QED) is 0.760. The normalized spacial score (nSPS) is 17.6. The van der Waals surface area contributed by atoms with Crippen molar-refractivity contribution in [1.82, 2.24) is 30.4 Å². The number of nitrogens with zero attached hydrogens (tertiary/aromatic N) is 5. The number of carbonyl (C=O) groups excluding carboxylic acids is 1. The lowest BCUT2D eigenvalue weighted by Gasteiger charge is -2.26. The molecule has 1 fully saturated rings. The van der Waals surface area contributed by atoms with E-state index in [9.17, 15) is 4.79 Å². The zero-order valence-corrected chi connectivity index (χ0v) is 14.9. The van der Waals surface area contributed by atoms with Gasteiger partial charge in [0.25, 0.3) is 5.91 Å². The first-order chi connectivity index (χ1) is 12.3. The van der Waals surface area contributed by atoms with Crippen molar-refractivity contribution >= 4 is 17.2 Å². The van der Waals surface area contributed by atoms with Crippen LogP contribution in [0.5, 0.6) is 0 Å². The average molecular weight is 362 g/mol. The van der Waals surface area contributed by atoms with E-state index in [-0.39, 0.29) is 5.91 Å². The fourth-order valence-corrected chi connectivity index (χ4v) is 4.76. The molecule has 2 aromatic rings. The van der Waals surface area contributed by atoms with Crippen LogP contribution in [0, 0.1) is 0 Å². The fraction of sp³-hybridized carbons (Fsp3) is 0.625. The second-order valence-corrected chi connectivity index (χ2v) is 7.44. The lowest BCUT2D eigenvalue weighted by Crippen LogP contribution is -2.38. The zero-order chi connectivity index (χ0) is 17.1. The number of rotatable bonds is 6. The minimum absolute atomic E-state index is 0.00752. The summed E-state index contributed by atoms with van der Waals surface area (Å²) in [6.07, 6.45) is 5.62. The Balaban J connectivity index is 1.40. The Hall–Kier alpha value is -1.84. The molecule has 9 heteroatoms. The second kappa shape index (κ2) is 7.59. The fourth-order valence-electron chi connectivity index (χ4n) is 3.46. The van der Waals surface area contributed by atoms with Gasteiger partial charge in [0.2, 0.25) is 0 Å². The topological polar surface area (TPSA) is 85.2 Å². The van der Waals surface area contributed by atoms with E-state index in [1.165, 1.54) is 10.4 Å². The monoisotopic (exact) mass is 362 g/mol. The number of thiophene rings is 1. The van der Waals surface area contributed by atoms with Crippen molar-refractivity contribution in [3.63, 3.8) is 0 Å². The molecular weight excluding hydrogens is 340 g/mol. The number of hydrogen-bond donors (Lipinski definition) is 1. The SMILES string of the molecule is O=C(NCCCN1CCOCC1)c1c(-n2cnnn2)sc2c1CCC2. The molecule has 0 aromatic carbocycles. The van der Waals surface area contributed by atoms with E-state index in [1.54, 1.807) is 22.3 Å². The van der Waals surface area contributed by atoms with Crippen LogP contribution in [0.1, 0.15) is 33.6 Å². The molecule has 3 heterocycles. The third-order valence-corrected chi connectivity index (χ3v) is 6.01. The summed E-state index contributed by atoms with van der Waals surface area (Å²) in [6, 6.07) is 0. The van der Waals surface area contributed by atoms with Crippen molar-refractivity contribution < 1.29 is 9.53 Å². The summed E-state index contributed by atoms with van der Waals surface area (Å²) in [5.74, 6) is -0.00752. The molecule has 2 aromatic heterocycles. The molecular formula is C16H22N6O2S. The van der Waals surface area contributed by atoms with Gasteiger partial charge in [-0.2, -0.15) is 4.68 Å². The van der Waals surface area contributed by atoms with Gasteiger partial charge in [-0.05, 0) is 48.2 Å². The van der Waals surface area contributed by atoms with Gasteiger partial charge in [0.05, 0.1) is 18.8 Å². The number of tetrazole rings is 1. The molecule has 0 bridgehead atoms. The molecule has 0 spiro atoms. The third kappa shape index (κ3) is 3.58. The van der Waals surface area contributed by atoms with Gasteiger partial charge >= 0.3 is 0 Å². The molecule has 8 nitrogen and oxygen atoms in total. The van der Waals surface area contributed by atoms with Crippen LogP contribution in [0.25, 0.3) is 5.00 Å². The molecule has 1 amide bonds. The van der Waals surface area contributed by atoms with Gasteiger partial charge in [-0.3, -0.25) is 9.69 Å². The maximum atomic E-state index is 12.8. The zero-order valence-electron chi connectivity index (χ0n) is 14.1. The summed E-state index contributed by atoms with van der Waals surface area (Å²) >= 11 is 1.63. The molecule has 0 unspecified atom stereocenters. The summed E-state index contributed by atoms with van der Waals surface area (Å²) < 4.78 is 6.96. The van der Waals surface area contributed by atoms with Crippen LogP contribution in [-0.4, -0.2) is 70.4 Å². The number of hydrogen-bond acceptors (Lipinski definition) is 7. The van der Waals surface area contributed by atoms with E-state index in [4.69, 9.17) is 4.74 Å². The second-order valence-electron chi connectivity index (χ2n) is 6.36. The van der Waals surface area contributed by atoms with Gasteiger partial charge in [0.1, 0.15) is 11.3 Å². The average Bonchev–Trinajstić information content (AvgIpc) is 3.35. The first kappa shape index (κ1) is 16.6. The predicted octanol–water partition coefficient (Wildman–Crippen LogP) is 0.665. The third-order valence-electron chi connectivity index (χ3n) is 4.73. The van der Waals surface area contributed by atoms with Gasteiger partial charge in [0.15, 0.2) is 0 Å². The van der Waals surface area contributed by atoms with Crippen molar-refractivity contribution in [2.75, 3.05) is 39.4 Å². The van der Waals surface area contributed by atoms with Crippen LogP contribution in [0.4, 0.5) is 0 Å². The highest BCUT2D eigenvalue weighted by atomic mass is 32.1. The number of amides is 1. The molecule has 1 aliphatic heterocycles. The van der Waals surface area contributed by atoms with Gasteiger partial charge in [-0.1, -0.05) is 0 Å². The molecule has 0 atom stereocenters. The van der Waals surface area contributed by atoms with Crippen LogP contribution in [0.3, 0.4) is 0 Å². The van der Waals surface area contributed by atoms with Crippen LogP contribution < -0.4 is 5.32 Å². The summed E-state index contributed by atoms with van der Waals surface area (Å²) in [6.45, 7) is 5.25. The number of aryl methyl sites for hydroxylation is 1. The maximum Gasteiger partial charge on any atom is 0.254 e. The molecule has 1 saturated heterocycles.